The van der Waals surface area contributed by atoms with Gasteiger partial charge in [-0.1, -0.05) is 24.3 Å². The molecule has 0 bridgehead atoms. The van der Waals surface area contributed by atoms with E-state index in [-0.39, 0.29) is 5.76 Å². The molecule has 0 radical (unpaired) electrons. The van der Waals surface area contributed by atoms with Gasteiger partial charge in [-0.05, 0) is 44.1 Å². The van der Waals surface area contributed by atoms with Crippen LogP contribution in [0, 0.1) is 5.92 Å². The summed E-state index contributed by atoms with van der Waals surface area (Å²) < 4.78 is 0. The third kappa shape index (κ3) is 2.56. The molecule has 2 N–H and O–H groups in total. The lowest BCUT2D eigenvalue weighted by atomic mass is 9.84. The molecule has 0 saturated heterocycles. The minimum absolute atomic E-state index is 0.178. The maximum Gasteiger partial charge on any atom is 0.125 e. The minimum Gasteiger partial charge on any atom is -0.510 e. The molecule has 2 unspecified atom stereocenters. The van der Waals surface area contributed by atoms with Crippen molar-refractivity contribution in [2.45, 2.75) is 44.1 Å². The van der Waals surface area contributed by atoms with Gasteiger partial charge < -0.3 is 10.2 Å². The van der Waals surface area contributed by atoms with Gasteiger partial charge in [0.25, 0.3) is 0 Å². The van der Waals surface area contributed by atoms with Gasteiger partial charge in [0, 0.05) is 6.42 Å². The topological polar surface area (TPSA) is 40.5 Å². The predicted octanol–water partition coefficient (Wildman–Crippen LogP) is 3.26. The first-order valence-corrected chi connectivity index (χ1v) is 6.14. The predicted molar refractivity (Wildman–Crippen MR) is 65.1 cm³/mol. The SMILES string of the molecule is OC(=CC1CC=CCC1)C1(O)CC=CCC1. The molecule has 0 saturated carbocycles. The van der Waals surface area contributed by atoms with Crippen LogP contribution >= 0.6 is 0 Å². The van der Waals surface area contributed by atoms with Gasteiger partial charge in [-0.3, -0.25) is 0 Å². The van der Waals surface area contributed by atoms with E-state index in [4.69, 9.17) is 0 Å². The van der Waals surface area contributed by atoms with Crippen LogP contribution in [0.5, 0.6) is 0 Å². The van der Waals surface area contributed by atoms with Gasteiger partial charge >= 0.3 is 0 Å². The summed E-state index contributed by atoms with van der Waals surface area (Å²) in [7, 11) is 0. The zero-order valence-corrected chi connectivity index (χ0v) is 9.60. The second kappa shape index (κ2) is 4.88. The van der Waals surface area contributed by atoms with Gasteiger partial charge in [0.05, 0.1) is 0 Å². The fourth-order valence-electron chi connectivity index (χ4n) is 2.40. The Labute approximate surface area is 97.0 Å². The Hall–Kier alpha value is -1.02. The fraction of sp³-hybridized carbons (Fsp3) is 0.571. The van der Waals surface area contributed by atoms with Crippen molar-refractivity contribution in [1.82, 2.24) is 0 Å². The molecular weight excluding hydrogens is 200 g/mol. The molecule has 0 amide bonds. The normalized spacial score (nSPS) is 35.3. The van der Waals surface area contributed by atoms with Gasteiger partial charge in [-0.15, -0.1) is 0 Å². The quantitative estimate of drug-likeness (QED) is 0.554. The van der Waals surface area contributed by atoms with Gasteiger partial charge in [-0.2, -0.15) is 0 Å². The van der Waals surface area contributed by atoms with E-state index in [9.17, 15) is 10.2 Å². The van der Waals surface area contributed by atoms with Crippen LogP contribution in [0.3, 0.4) is 0 Å². The van der Waals surface area contributed by atoms with E-state index < -0.39 is 5.60 Å². The van der Waals surface area contributed by atoms with Crippen LogP contribution in [-0.2, 0) is 0 Å². The van der Waals surface area contributed by atoms with E-state index in [0.717, 1.165) is 25.7 Å². The fourth-order valence-corrected chi connectivity index (χ4v) is 2.40. The highest BCUT2D eigenvalue weighted by molar-refractivity contribution is 5.16. The highest BCUT2D eigenvalue weighted by Gasteiger charge is 2.32. The lowest BCUT2D eigenvalue weighted by Gasteiger charge is -2.29. The second-order valence-electron chi connectivity index (χ2n) is 4.84. The molecule has 16 heavy (non-hydrogen) atoms. The molecule has 0 aliphatic heterocycles. The Morgan fingerprint density at radius 3 is 2.62 bits per heavy atom. The number of aliphatic hydroxyl groups excluding tert-OH is 1. The van der Waals surface area contributed by atoms with Gasteiger partial charge in [0.1, 0.15) is 11.4 Å². The van der Waals surface area contributed by atoms with Crippen molar-refractivity contribution in [2.24, 2.45) is 5.92 Å². The Bertz CT molecular complexity index is 328. The highest BCUT2D eigenvalue weighted by Crippen LogP contribution is 2.31. The number of aliphatic hydroxyl groups is 2. The van der Waals surface area contributed by atoms with E-state index in [2.05, 4.69) is 18.2 Å². The Morgan fingerprint density at radius 2 is 2.00 bits per heavy atom. The summed E-state index contributed by atoms with van der Waals surface area (Å²) in [5, 5.41) is 20.3. The first-order chi connectivity index (χ1) is 7.71. The van der Waals surface area contributed by atoms with Crippen molar-refractivity contribution < 1.29 is 10.2 Å². The first-order valence-electron chi connectivity index (χ1n) is 6.14. The Morgan fingerprint density at radius 1 is 1.19 bits per heavy atom. The lowest BCUT2D eigenvalue weighted by Crippen LogP contribution is -2.32. The lowest BCUT2D eigenvalue weighted by molar-refractivity contribution is 0.0261. The molecule has 2 atom stereocenters. The minimum atomic E-state index is -1.00. The van der Waals surface area contributed by atoms with Crippen molar-refractivity contribution in [1.29, 1.82) is 0 Å². The summed E-state index contributed by atoms with van der Waals surface area (Å²) in [6.07, 6.45) is 15.4. The monoisotopic (exact) mass is 220 g/mol. The molecule has 0 fully saturated rings. The van der Waals surface area contributed by atoms with Crippen LogP contribution in [0.1, 0.15) is 38.5 Å². The largest absolute Gasteiger partial charge is 0.510 e. The Kier molecular flexibility index (Phi) is 3.49. The highest BCUT2D eigenvalue weighted by atomic mass is 16.3. The smallest absolute Gasteiger partial charge is 0.125 e. The van der Waals surface area contributed by atoms with Crippen molar-refractivity contribution >= 4 is 0 Å². The van der Waals surface area contributed by atoms with Crippen LogP contribution in [0.2, 0.25) is 0 Å². The summed E-state index contributed by atoms with van der Waals surface area (Å²) in [5.74, 6) is 0.567. The van der Waals surface area contributed by atoms with E-state index in [1.54, 1.807) is 0 Å². The third-order valence-corrected chi connectivity index (χ3v) is 3.53. The second-order valence-corrected chi connectivity index (χ2v) is 4.84. The maximum atomic E-state index is 10.3. The average Bonchev–Trinajstić information content (AvgIpc) is 2.31. The standard InChI is InChI=1S/C14H20O2/c15-13(11-12-7-3-1-4-8-12)14(16)9-5-2-6-10-14/h1-3,5,11-12,15-16H,4,6-10H2. The zero-order valence-electron chi connectivity index (χ0n) is 9.60. The summed E-state index contributed by atoms with van der Waals surface area (Å²) in [4.78, 5) is 0. The van der Waals surface area contributed by atoms with E-state index in [0.29, 0.717) is 18.8 Å². The van der Waals surface area contributed by atoms with Crippen molar-refractivity contribution in [3.05, 3.63) is 36.1 Å². The molecule has 2 nitrogen and oxygen atoms in total. The van der Waals surface area contributed by atoms with Crippen LogP contribution < -0.4 is 0 Å². The number of allylic oxidation sites excluding steroid dienone is 4. The molecule has 0 aromatic rings. The van der Waals surface area contributed by atoms with Crippen LogP contribution in [0.4, 0.5) is 0 Å². The third-order valence-electron chi connectivity index (χ3n) is 3.53. The average molecular weight is 220 g/mol. The number of hydrogen-bond acceptors (Lipinski definition) is 2. The zero-order chi connectivity index (χ0) is 11.4. The van der Waals surface area contributed by atoms with Crippen molar-refractivity contribution in [3.63, 3.8) is 0 Å². The van der Waals surface area contributed by atoms with Gasteiger partial charge in [0.15, 0.2) is 0 Å². The summed E-state index contributed by atoms with van der Waals surface area (Å²) in [6, 6.07) is 0. The molecule has 0 aromatic heterocycles. The van der Waals surface area contributed by atoms with Crippen LogP contribution in [-0.4, -0.2) is 15.8 Å². The van der Waals surface area contributed by atoms with Gasteiger partial charge in [0.2, 0.25) is 0 Å². The summed E-state index contributed by atoms with van der Waals surface area (Å²) in [6.45, 7) is 0. The van der Waals surface area contributed by atoms with Crippen LogP contribution in [0.15, 0.2) is 36.1 Å². The molecule has 88 valence electrons. The molecular formula is C14H20O2. The summed E-state index contributed by atoms with van der Waals surface area (Å²) in [5.41, 5.74) is -1.00. The number of rotatable bonds is 2. The maximum absolute atomic E-state index is 10.3. The molecule has 0 spiro atoms. The first kappa shape index (κ1) is 11.5. The van der Waals surface area contributed by atoms with Crippen molar-refractivity contribution in [3.8, 4) is 0 Å². The molecule has 2 rings (SSSR count). The molecule has 0 aromatic carbocycles. The summed E-state index contributed by atoms with van der Waals surface area (Å²) >= 11 is 0. The van der Waals surface area contributed by atoms with E-state index in [1.165, 1.54) is 0 Å². The molecule has 0 heterocycles. The van der Waals surface area contributed by atoms with E-state index >= 15 is 0 Å². The van der Waals surface area contributed by atoms with E-state index in [1.807, 2.05) is 12.2 Å². The van der Waals surface area contributed by atoms with Gasteiger partial charge in [-0.25, -0.2) is 0 Å². The Balaban J connectivity index is 2.04. The molecule has 2 aliphatic rings. The molecule has 2 aliphatic carbocycles. The molecule has 2 heteroatoms. The van der Waals surface area contributed by atoms with Crippen LogP contribution in [0.25, 0.3) is 0 Å². The number of hydrogen-bond donors (Lipinski definition) is 2. The van der Waals surface area contributed by atoms with Crippen molar-refractivity contribution in [2.75, 3.05) is 0 Å².